The van der Waals surface area contributed by atoms with E-state index in [1.807, 2.05) is 6.92 Å². The largest absolute Gasteiger partial charge is 0.376 e. The van der Waals surface area contributed by atoms with E-state index >= 15 is 0 Å². The lowest BCUT2D eigenvalue weighted by atomic mass is 10.2. The molecule has 1 saturated heterocycles. The average molecular weight is 241 g/mol. The minimum absolute atomic E-state index is 0.277. The summed E-state index contributed by atoms with van der Waals surface area (Å²) >= 11 is 5.12. The molecule has 16 heavy (non-hydrogen) atoms. The van der Waals surface area contributed by atoms with Gasteiger partial charge in [-0.1, -0.05) is 5.16 Å². The molecule has 2 N–H and O–H groups in total. The Morgan fingerprint density at radius 2 is 2.56 bits per heavy atom. The van der Waals surface area contributed by atoms with Crippen LogP contribution in [0.1, 0.15) is 18.6 Å². The van der Waals surface area contributed by atoms with Gasteiger partial charge in [0.25, 0.3) is 0 Å². The molecule has 0 aliphatic carbocycles. The first-order chi connectivity index (χ1) is 7.74. The fraction of sp³-hybridized carbons (Fsp3) is 0.600. The van der Waals surface area contributed by atoms with Gasteiger partial charge in [-0.15, -0.1) is 0 Å². The van der Waals surface area contributed by atoms with Crippen LogP contribution in [0.4, 0.5) is 5.82 Å². The molecular weight excluding hydrogens is 226 g/mol. The van der Waals surface area contributed by atoms with Crippen molar-refractivity contribution in [1.29, 1.82) is 0 Å². The number of nitrogens with zero attached hydrogens (tertiary/aromatic N) is 1. The molecule has 5 nitrogen and oxygen atoms in total. The van der Waals surface area contributed by atoms with Crippen molar-refractivity contribution in [2.45, 2.75) is 25.9 Å². The zero-order valence-electron chi connectivity index (χ0n) is 9.16. The number of thiocarbonyl (C=S) groups is 1. The number of hydrogen-bond acceptors (Lipinski definition) is 4. The van der Waals surface area contributed by atoms with E-state index < -0.39 is 0 Å². The average Bonchev–Trinajstić information content (AvgIpc) is 2.87. The Bertz CT molecular complexity index is 361. The predicted molar refractivity (Wildman–Crippen MR) is 64.4 cm³/mol. The third-order valence-corrected chi connectivity index (χ3v) is 2.63. The molecule has 0 radical (unpaired) electrons. The van der Waals surface area contributed by atoms with Gasteiger partial charge in [0.2, 0.25) is 0 Å². The van der Waals surface area contributed by atoms with Crippen molar-refractivity contribution in [3.63, 3.8) is 0 Å². The van der Waals surface area contributed by atoms with Crippen LogP contribution >= 0.6 is 12.2 Å². The smallest absolute Gasteiger partial charge is 0.175 e. The Morgan fingerprint density at radius 3 is 3.19 bits per heavy atom. The normalized spacial score (nSPS) is 19.7. The van der Waals surface area contributed by atoms with Crippen molar-refractivity contribution in [3.05, 3.63) is 11.8 Å². The van der Waals surface area contributed by atoms with Crippen molar-refractivity contribution < 1.29 is 9.26 Å². The molecule has 1 aromatic rings. The van der Waals surface area contributed by atoms with Gasteiger partial charge in [0.1, 0.15) is 5.76 Å². The molecule has 88 valence electrons. The number of aryl methyl sites for hydroxylation is 1. The van der Waals surface area contributed by atoms with E-state index in [4.69, 9.17) is 21.5 Å². The highest BCUT2D eigenvalue weighted by Crippen LogP contribution is 2.11. The highest BCUT2D eigenvalue weighted by Gasteiger charge is 2.15. The van der Waals surface area contributed by atoms with Crippen LogP contribution in [0, 0.1) is 6.92 Å². The lowest BCUT2D eigenvalue weighted by molar-refractivity contribution is 0.114. The summed E-state index contributed by atoms with van der Waals surface area (Å²) in [6.07, 6.45) is 2.51. The topological polar surface area (TPSA) is 59.3 Å². The SMILES string of the molecule is Cc1cc(NC(=S)NCC2CCCO2)no1. The number of aromatic nitrogens is 1. The molecule has 1 atom stereocenters. The number of anilines is 1. The highest BCUT2D eigenvalue weighted by atomic mass is 32.1. The van der Waals surface area contributed by atoms with Gasteiger partial charge in [0.05, 0.1) is 6.10 Å². The van der Waals surface area contributed by atoms with Gasteiger partial charge in [-0.25, -0.2) is 0 Å². The molecule has 0 saturated carbocycles. The molecule has 0 spiro atoms. The molecule has 2 heterocycles. The van der Waals surface area contributed by atoms with Crippen molar-refractivity contribution in [2.75, 3.05) is 18.5 Å². The third-order valence-electron chi connectivity index (χ3n) is 2.38. The third kappa shape index (κ3) is 3.18. The van der Waals surface area contributed by atoms with Gasteiger partial charge >= 0.3 is 0 Å². The van der Waals surface area contributed by atoms with Gasteiger partial charge in [-0.3, -0.25) is 0 Å². The summed E-state index contributed by atoms with van der Waals surface area (Å²) in [6.45, 7) is 3.43. The maximum absolute atomic E-state index is 5.47. The molecule has 1 aliphatic rings. The van der Waals surface area contributed by atoms with Gasteiger partial charge in [-0.05, 0) is 32.0 Å². The van der Waals surface area contributed by atoms with E-state index in [1.165, 1.54) is 0 Å². The van der Waals surface area contributed by atoms with Crippen molar-refractivity contribution >= 4 is 23.1 Å². The zero-order valence-corrected chi connectivity index (χ0v) is 9.97. The van der Waals surface area contributed by atoms with E-state index in [2.05, 4.69) is 15.8 Å². The zero-order chi connectivity index (χ0) is 11.4. The van der Waals surface area contributed by atoms with Crippen LogP contribution in [-0.4, -0.2) is 29.5 Å². The summed E-state index contributed by atoms with van der Waals surface area (Å²) in [4.78, 5) is 0. The number of ether oxygens (including phenoxy) is 1. The first-order valence-electron chi connectivity index (χ1n) is 5.34. The highest BCUT2D eigenvalue weighted by molar-refractivity contribution is 7.80. The lowest BCUT2D eigenvalue weighted by Crippen LogP contribution is -2.34. The summed E-state index contributed by atoms with van der Waals surface area (Å²) in [6, 6.07) is 1.79. The summed E-state index contributed by atoms with van der Waals surface area (Å²) in [5.74, 6) is 1.38. The molecule has 6 heteroatoms. The van der Waals surface area contributed by atoms with Crippen LogP contribution < -0.4 is 10.6 Å². The molecule has 1 aromatic heterocycles. The van der Waals surface area contributed by atoms with Crippen molar-refractivity contribution in [3.8, 4) is 0 Å². The summed E-state index contributed by atoms with van der Waals surface area (Å²) in [5.41, 5.74) is 0. The van der Waals surface area contributed by atoms with E-state index in [0.29, 0.717) is 10.9 Å². The van der Waals surface area contributed by atoms with Crippen LogP contribution in [0.2, 0.25) is 0 Å². The predicted octanol–water partition coefficient (Wildman–Crippen LogP) is 1.45. The van der Waals surface area contributed by atoms with Crippen molar-refractivity contribution in [1.82, 2.24) is 10.5 Å². The number of hydrogen-bond donors (Lipinski definition) is 2. The molecule has 1 aliphatic heterocycles. The molecule has 1 fully saturated rings. The number of rotatable bonds is 3. The Morgan fingerprint density at radius 1 is 1.69 bits per heavy atom. The van der Waals surface area contributed by atoms with Gasteiger partial charge < -0.3 is 19.9 Å². The fourth-order valence-electron chi connectivity index (χ4n) is 1.60. The van der Waals surface area contributed by atoms with Crippen LogP contribution in [0.25, 0.3) is 0 Å². The standard InChI is InChI=1S/C10H15N3O2S/c1-7-5-9(13-15-7)12-10(16)11-6-8-3-2-4-14-8/h5,8H,2-4,6H2,1H3,(H2,11,12,13,16). The number of nitrogens with one attached hydrogen (secondary N) is 2. The fourth-order valence-corrected chi connectivity index (χ4v) is 1.79. The quantitative estimate of drug-likeness (QED) is 0.781. The monoisotopic (exact) mass is 241 g/mol. The van der Waals surface area contributed by atoms with Gasteiger partial charge in [0, 0.05) is 19.2 Å². The second-order valence-corrected chi connectivity index (χ2v) is 4.20. The Hall–Kier alpha value is -1.14. The first kappa shape index (κ1) is 11.3. The van der Waals surface area contributed by atoms with Crippen LogP contribution in [0.5, 0.6) is 0 Å². The lowest BCUT2D eigenvalue weighted by Gasteiger charge is -2.12. The van der Waals surface area contributed by atoms with E-state index in [1.54, 1.807) is 6.07 Å². The summed E-state index contributed by atoms with van der Waals surface area (Å²) in [7, 11) is 0. The minimum Gasteiger partial charge on any atom is -0.376 e. The Balaban J connectivity index is 1.71. The maximum atomic E-state index is 5.47. The molecule has 0 aromatic carbocycles. The van der Waals surface area contributed by atoms with Gasteiger partial charge in [-0.2, -0.15) is 0 Å². The van der Waals surface area contributed by atoms with Crippen LogP contribution in [-0.2, 0) is 4.74 Å². The second-order valence-electron chi connectivity index (χ2n) is 3.79. The Kier molecular flexibility index (Phi) is 3.74. The summed E-state index contributed by atoms with van der Waals surface area (Å²) < 4.78 is 10.4. The van der Waals surface area contributed by atoms with E-state index in [0.717, 1.165) is 31.8 Å². The second kappa shape index (κ2) is 5.27. The van der Waals surface area contributed by atoms with Crippen LogP contribution in [0.3, 0.4) is 0 Å². The van der Waals surface area contributed by atoms with E-state index in [9.17, 15) is 0 Å². The van der Waals surface area contributed by atoms with Crippen LogP contribution in [0.15, 0.2) is 10.6 Å². The molecular formula is C10H15N3O2S. The minimum atomic E-state index is 0.277. The molecule has 1 unspecified atom stereocenters. The molecule has 0 amide bonds. The molecule has 0 bridgehead atoms. The first-order valence-corrected chi connectivity index (χ1v) is 5.74. The molecule has 2 rings (SSSR count). The van der Waals surface area contributed by atoms with Crippen molar-refractivity contribution in [2.24, 2.45) is 0 Å². The summed E-state index contributed by atoms with van der Waals surface area (Å²) in [5, 5.41) is 10.4. The Labute approximate surface area is 99.5 Å². The van der Waals surface area contributed by atoms with E-state index in [-0.39, 0.29) is 6.10 Å². The maximum Gasteiger partial charge on any atom is 0.175 e. The van der Waals surface area contributed by atoms with Gasteiger partial charge in [0.15, 0.2) is 10.9 Å².